The molecule has 0 spiro atoms. The predicted molar refractivity (Wildman–Crippen MR) is 98.2 cm³/mol. The first-order chi connectivity index (χ1) is 10.7. The summed E-state index contributed by atoms with van der Waals surface area (Å²) in [5.41, 5.74) is 1.38. The van der Waals surface area contributed by atoms with E-state index in [1.54, 1.807) is 13.5 Å². The maximum absolute atomic E-state index is 8.81. The van der Waals surface area contributed by atoms with Gasteiger partial charge in [0, 0.05) is 6.61 Å². The van der Waals surface area contributed by atoms with E-state index in [1.807, 2.05) is 6.26 Å². The van der Waals surface area contributed by atoms with E-state index in [-0.39, 0.29) is 23.9 Å². The fourth-order valence-electron chi connectivity index (χ4n) is 3.04. The van der Waals surface area contributed by atoms with Crippen LogP contribution in [0.5, 0.6) is 0 Å². The van der Waals surface area contributed by atoms with Gasteiger partial charge >= 0.3 is 18.9 Å². The summed E-state index contributed by atoms with van der Waals surface area (Å²) in [7, 11) is 0.0503. The smallest absolute Gasteiger partial charge is 0.504 e. The van der Waals surface area contributed by atoms with Crippen molar-refractivity contribution in [2.75, 3.05) is 13.7 Å². The van der Waals surface area contributed by atoms with Crippen LogP contribution in [-0.4, -0.2) is 22.0 Å². The predicted octanol–water partition coefficient (Wildman–Crippen LogP) is 2.47. The van der Waals surface area contributed by atoms with Crippen LogP contribution in [0.4, 0.5) is 0 Å². The first-order valence-electron chi connectivity index (χ1n) is 8.81. The van der Waals surface area contributed by atoms with E-state index in [2.05, 4.69) is 39.9 Å². The Balaban J connectivity index is 0.00000529. The van der Waals surface area contributed by atoms with Crippen LogP contribution >= 0.6 is 0 Å². The van der Waals surface area contributed by atoms with Crippen molar-refractivity contribution in [2.24, 2.45) is 11.8 Å². The molecule has 0 amide bonds. The zero-order valence-corrected chi connectivity index (χ0v) is 17.8. The first-order valence-corrected chi connectivity index (χ1v) is 11.7. The minimum atomic E-state index is -1.67. The Morgan fingerprint density at radius 1 is 1.29 bits per heavy atom. The Hall–Kier alpha value is -0.326. The molecule has 0 aromatic carbocycles. The van der Waals surface area contributed by atoms with Crippen LogP contribution in [0.2, 0.25) is 18.1 Å². The zero-order chi connectivity index (χ0) is 17.5. The minimum Gasteiger partial charge on any atom is -0.504 e. The molecule has 0 heterocycles. The Labute approximate surface area is 162 Å². The van der Waals surface area contributed by atoms with E-state index in [0.717, 1.165) is 25.9 Å². The SMILES string of the molecule is CO/C=C1/[C@H](CCO[Si](C)(C)C(C)(C)C)CCC[C@@H]1C[CH-]C#N.[Li+]. The molecule has 1 saturated carbocycles. The van der Waals surface area contributed by atoms with E-state index >= 15 is 0 Å². The summed E-state index contributed by atoms with van der Waals surface area (Å²) >= 11 is 0. The maximum atomic E-state index is 8.81. The first kappa shape index (κ1) is 23.7. The standard InChI is InChI=1S/C19H34NO2Si.Li/c1-19(2,3)23(5,6)22-14-12-17-10-7-9-16(11-8-13-20)18(17)15-21-4;/h8,15-17H,7,9-12,14H2,1-6H3;/q-1;+1/b18-15+;/t16-,17+;/m1./s1. The summed E-state index contributed by atoms with van der Waals surface area (Å²) in [6.07, 6.45) is 9.15. The molecule has 1 aliphatic rings. The summed E-state index contributed by atoms with van der Waals surface area (Å²) in [4.78, 5) is 0. The molecule has 0 saturated heterocycles. The average molecular weight is 344 g/mol. The molecule has 5 heteroatoms. The molecular weight excluding hydrogens is 309 g/mol. The van der Waals surface area contributed by atoms with Gasteiger partial charge in [0.1, 0.15) is 0 Å². The van der Waals surface area contributed by atoms with Gasteiger partial charge in [-0.1, -0.05) is 27.2 Å². The monoisotopic (exact) mass is 343 g/mol. The van der Waals surface area contributed by atoms with Gasteiger partial charge in [-0.05, 0) is 54.8 Å². The largest absolute Gasteiger partial charge is 1.00 e. The molecule has 3 nitrogen and oxygen atoms in total. The van der Waals surface area contributed by atoms with E-state index in [0.29, 0.717) is 11.8 Å². The van der Waals surface area contributed by atoms with Crippen LogP contribution in [0.3, 0.4) is 0 Å². The van der Waals surface area contributed by atoms with Gasteiger partial charge in [-0.25, -0.2) is 5.26 Å². The van der Waals surface area contributed by atoms with Crippen LogP contribution in [-0.2, 0) is 9.16 Å². The summed E-state index contributed by atoms with van der Waals surface area (Å²) < 4.78 is 11.7. The van der Waals surface area contributed by atoms with Gasteiger partial charge < -0.3 is 9.16 Å². The normalized spacial score (nSPS) is 23.3. The number of hydrogen-bond acceptors (Lipinski definition) is 3. The fourth-order valence-corrected chi connectivity index (χ4v) is 4.10. The van der Waals surface area contributed by atoms with Crippen molar-refractivity contribution in [1.82, 2.24) is 0 Å². The molecule has 0 radical (unpaired) electrons. The van der Waals surface area contributed by atoms with Crippen molar-refractivity contribution < 1.29 is 28.0 Å². The number of rotatable bonds is 7. The third kappa shape index (κ3) is 6.89. The number of ether oxygens (including phenoxy) is 1. The van der Waals surface area contributed by atoms with Crippen molar-refractivity contribution in [3.8, 4) is 6.07 Å². The van der Waals surface area contributed by atoms with Crippen molar-refractivity contribution in [1.29, 1.82) is 5.26 Å². The van der Waals surface area contributed by atoms with Crippen molar-refractivity contribution in [3.05, 3.63) is 18.3 Å². The van der Waals surface area contributed by atoms with Gasteiger partial charge in [0.05, 0.1) is 13.4 Å². The summed E-state index contributed by atoms with van der Waals surface area (Å²) in [6, 6.07) is 2.16. The second kappa shape index (κ2) is 10.6. The summed E-state index contributed by atoms with van der Waals surface area (Å²) in [5.74, 6) is 0.992. The fraction of sp³-hybridized carbons (Fsp3) is 0.789. The molecule has 1 fully saturated rings. The molecule has 0 aromatic rings. The molecule has 0 unspecified atom stereocenters. The number of nitriles is 1. The number of nitrogens with zero attached hydrogens (tertiary/aromatic N) is 1. The van der Waals surface area contributed by atoms with E-state index in [9.17, 15) is 0 Å². The van der Waals surface area contributed by atoms with Crippen LogP contribution in [0.1, 0.15) is 52.9 Å². The second-order valence-corrected chi connectivity index (χ2v) is 13.0. The molecule has 1 rings (SSSR count). The molecule has 132 valence electrons. The van der Waals surface area contributed by atoms with E-state index in [1.165, 1.54) is 18.4 Å². The number of allylic oxidation sites excluding steroid dienone is 1. The summed E-state index contributed by atoms with van der Waals surface area (Å²) in [6.45, 7) is 12.3. The number of hydrogen-bond donors (Lipinski definition) is 0. The minimum absolute atomic E-state index is 0. The van der Waals surface area contributed by atoms with Crippen LogP contribution < -0.4 is 18.9 Å². The molecule has 0 bridgehead atoms. The quantitative estimate of drug-likeness (QED) is 0.405. The van der Waals surface area contributed by atoms with Gasteiger partial charge in [0.25, 0.3) is 0 Å². The molecular formula is C19H34LiNO2Si. The molecule has 0 aromatic heterocycles. The van der Waals surface area contributed by atoms with Crippen LogP contribution in [0.25, 0.3) is 0 Å². The topological polar surface area (TPSA) is 42.2 Å². The van der Waals surface area contributed by atoms with Gasteiger partial charge in [-0.2, -0.15) is 0 Å². The van der Waals surface area contributed by atoms with E-state index < -0.39 is 8.32 Å². The average Bonchev–Trinajstić information content (AvgIpc) is 2.46. The number of methoxy groups -OCH3 is 1. The Morgan fingerprint density at radius 2 is 1.92 bits per heavy atom. The Bertz CT molecular complexity index is 438. The molecule has 1 aliphatic carbocycles. The third-order valence-electron chi connectivity index (χ3n) is 5.53. The summed E-state index contributed by atoms with van der Waals surface area (Å²) in [5, 5.41) is 9.07. The van der Waals surface area contributed by atoms with Crippen molar-refractivity contribution in [3.63, 3.8) is 0 Å². The van der Waals surface area contributed by atoms with Crippen LogP contribution in [0, 0.1) is 29.6 Å². The Morgan fingerprint density at radius 3 is 2.46 bits per heavy atom. The molecule has 2 atom stereocenters. The second-order valence-electron chi connectivity index (χ2n) is 8.14. The van der Waals surface area contributed by atoms with Crippen molar-refractivity contribution in [2.45, 2.75) is 71.0 Å². The van der Waals surface area contributed by atoms with Gasteiger partial charge in [0.2, 0.25) is 0 Å². The molecule has 24 heavy (non-hydrogen) atoms. The van der Waals surface area contributed by atoms with Crippen molar-refractivity contribution >= 4 is 8.32 Å². The van der Waals surface area contributed by atoms with Crippen LogP contribution in [0.15, 0.2) is 11.8 Å². The Kier molecular flexibility index (Phi) is 10.5. The maximum Gasteiger partial charge on any atom is 1.00 e. The van der Waals surface area contributed by atoms with E-state index in [4.69, 9.17) is 14.4 Å². The van der Waals surface area contributed by atoms with Gasteiger partial charge in [0.15, 0.2) is 8.32 Å². The molecule has 0 aliphatic heterocycles. The van der Waals surface area contributed by atoms with Gasteiger partial charge in [-0.15, -0.1) is 12.5 Å². The third-order valence-corrected chi connectivity index (χ3v) is 10.1. The molecule has 0 N–H and O–H groups in total. The zero-order valence-electron chi connectivity index (χ0n) is 16.8. The van der Waals surface area contributed by atoms with Gasteiger partial charge in [-0.3, -0.25) is 6.42 Å².